The van der Waals surface area contributed by atoms with Crippen LogP contribution >= 0.6 is 0 Å². The van der Waals surface area contributed by atoms with Gasteiger partial charge < -0.3 is 0 Å². The van der Waals surface area contributed by atoms with Crippen LogP contribution in [0.15, 0.2) is 24.3 Å². The van der Waals surface area contributed by atoms with Gasteiger partial charge in [-0.3, -0.25) is 0 Å². The predicted octanol–water partition coefficient (Wildman–Crippen LogP) is 5.20. The van der Waals surface area contributed by atoms with Crippen molar-refractivity contribution in [2.75, 3.05) is 0 Å². The summed E-state index contributed by atoms with van der Waals surface area (Å²) in [7, 11) is 0. The van der Waals surface area contributed by atoms with Crippen molar-refractivity contribution < 1.29 is 0 Å². The van der Waals surface area contributed by atoms with E-state index in [2.05, 4.69) is 65.8 Å². The van der Waals surface area contributed by atoms with Gasteiger partial charge in [-0.15, -0.1) is 0 Å². The van der Waals surface area contributed by atoms with E-state index in [4.69, 9.17) is 0 Å². The molecule has 94 valence electrons. The van der Waals surface area contributed by atoms with Gasteiger partial charge in [-0.2, -0.15) is 0 Å². The maximum atomic E-state index is 2.33. The highest BCUT2D eigenvalue weighted by molar-refractivity contribution is 5.73. The highest BCUT2D eigenvalue weighted by Crippen LogP contribution is 2.32. The lowest BCUT2D eigenvalue weighted by Crippen LogP contribution is -1.96. The average molecular weight is 238 g/mol. The van der Waals surface area contributed by atoms with Gasteiger partial charge in [0.1, 0.15) is 0 Å². The average Bonchev–Trinajstić information content (AvgIpc) is 2.32. The Bertz CT molecular complexity index is 604. The molecule has 0 aromatic heterocycles. The van der Waals surface area contributed by atoms with Gasteiger partial charge >= 0.3 is 0 Å². The Labute approximate surface area is 111 Å². The predicted molar refractivity (Wildman–Crippen MR) is 80.3 cm³/mol. The molecule has 0 spiro atoms. The van der Waals surface area contributed by atoms with Crippen molar-refractivity contribution in [2.45, 2.75) is 41.5 Å². The van der Waals surface area contributed by atoms with Gasteiger partial charge in [0.25, 0.3) is 0 Å². The van der Waals surface area contributed by atoms with Crippen LogP contribution in [0.1, 0.15) is 33.4 Å². The van der Waals surface area contributed by atoms with Gasteiger partial charge in [-0.25, -0.2) is 0 Å². The largest absolute Gasteiger partial charge is 0.0587 e. The summed E-state index contributed by atoms with van der Waals surface area (Å²) in [5.74, 6) is 0. The van der Waals surface area contributed by atoms with Crippen molar-refractivity contribution in [3.8, 4) is 11.1 Å². The first-order valence-corrected chi connectivity index (χ1v) is 6.57. The maximum absolute atomic E-state index is 2.33. The molecule has 2 aromatic carbocycles. The van der Waals surface area contributed by atoms with E-state index < -0.39 is 0 Å². The van der Waals surface area contributed by atoms with Crippen LogP contribution in [-0.2, 0) is 0 Å². The molecule has 0 aliphatic rings. The zero-order chi connectivity index (χ0) is 13.4. The van der Waals surface area contributed by atoms with Gasteiger partial charge in [-0.1, -0.05) is 29.8 Å². The van der Waals surface area contributed by atoms with E-state index in [9.17, 15) is 0 Å². The van der Waals surface area contributed by atoms with Crippen molar-refractivity contribution in [1.29, 1.82) is 0 Å². The molecule has 0 fully saturated rings. The van der Waals surface area contributed by atoms with Crippen molar-refractivity contribution in [1.82, 2.24) is 0 Å². The first-order chi connectivity index (χ1) is 8.41. The van der Waals surface area contributed by atoms with Crippen LogP contribution < -0.4 is 0 Å². The minimum atomic E-state index is 1.33. The van der Waals surface area contributed by atoms with Crippen LogP contribution in [0.4, 0.5) is 0 Å². The van der Waals surface area contributed by atoms with E-state index in [1.54, 1.807) is 0 Å². The van der Waals surface area contributed by atoms with Crippen LogP contribution in [0.5, 0.6) is 0 Å². The Morgan fingerprint density at radius 3 is 1.83 bits per heavy atom. The summed E-state index contributed by atoms with van der Waals surface area (Å²) in [6.07, 6.45) is 0. The van der Waals surface area contributed by atoms with E-state index in [1.165, 1.54) is 44.5 Å². The van der Waals surface area contributed by atoms with Gasteiger partial charge in [-0.05, 0) is 80.5 Å². The van der Waals surface area contributed by atoms with Crippen LogP contribution in [0.3, 0.4) is 0 Å². The molecule has 0 radical (unpaired) electrons. The molecule has 0 nitrogen and oxygen atoms in total. The molecular weight excluding hydrogens is 216 g/mol. The molecule has 0 bridgehead atoms. The molecule has 0 aliphatic carbocycles. The van der Waals surface area contributed by atoms with Gasteiger partial charge in [0.15, 0.2) is 0 Å². The second kappa shape index (κ2) is 4.61. The van der Waals surface area contributed by atoms with E-state index in [0.717, 1.165) is 0 Å². The molecule has 0 unspecified atom stereocenters. The van der Waals surface area contributed by atoms with Crippen molar-refractivity contribution in [2.24, 2.45) is 0 Å². The highest BCUT2D eigenvalue weighted by atomic mass is 14.1. The van der Waals surface area contributed by atoms with Gasteiger partial charge in [0, 0.05) is 0 Å². The zero-order valence-corrected chi connectivity index (χ0v) is 12.3. The molecule has 0 heteroatoms. The summed E-state index contributed by atoms with van der Waals surface area (Å²) >= 11 is 0. The maximum Gasteiger partial charge on any atom is -0.0147 e. The lowest BCUT2D eigenvalue weighted by Gasteiger charge is -2.16. The minimum absolute atomic E-state index is 1.33. The smallest absolute Gasteiger partial charge is 0.0147 e. The topological polar surface area (TPSA) is 0 Å². The fourth-order valence-corrected chi connectivity index (χ4v) is 2.61. The molecule has 0 atom stereocenters. The fourth-order valence-electron chi connectivity index (χ4n) is 2.61. The molecule has 0 heterocycles. The summed E-state index contributed by atoms with van der Waals surface area (Å²) < 4.78 is 0. The number of hydrogen-bond acceptors (Lipinski definition) is 0. The third kappa shape index (κ3) is 2.08. The Hall–Kier alpha value is -1.56. The molecule has 2 aromatic rings. The zero-order valence-electron chi connectivity index (χ0n) is 12.3. The lowest BCUT2D eigenvalue weighted by atomic mass is 9.89. The first-order valence-electron chi connectivity index (χ1n) is 6.57. The Kier molecular flexibility index (Phi) is 3.30. The van der Waals surface area contributed by atoms with Gasteiger partial charge in [0.05, 0.1) is 0 Å². The third-order valence-electron chi connectivity index (χ3n) is 4.15. The molecule has 0 amide bonds. The number of rotatable bonds is 1. The SMILES string of the molecule is Cc1ccc(-c2cc(C)c(C)c(C)c2C)c(C)c1. The quantitative estimate of drug-likeness (QED) is 0.640. The Morgan fingerprint density at radius 2 is 1.22 bits per heavy atom. The Morgan fingerprint density at radius 1 is 0.556 bits per heavy atom. The summed E-state index contributed by atoms with van der Waals surface area (Å²) in [5.41, 5.74) is 11.1. The number of aryl methyl sites for hydroxylation is 3. The molecule has 18 heavy (non-hydrogen) atoms. The summed E-state index contributed by atoms with van der Waals surface area (Å²) in [6.45, 7) is 13.2. The monoisotopic (exact) mass is 238 g/mol. The summed E-state index contributed by atoms with van der Waals surface area (Å²) in [6, 6.07) is 9.04. The molecule has 2 rings (SSSR count). The van der Waals surface area contributed by atoms with Crippen LogP contribution in [0.2, 0.25) is 0 Å². The first kappa shape index (κ1) is 12.9. The van der Waals surface area contributed by atoms with Crippen LogP contribution in [-0.4, -0.2) is 0 Å². The molecule has 0 N–H and O–H groups in total. The lowest BCUT2D eigenvalue weighted by molar-refractivity contribution is 1.21. The van der Waals surface area contributed by atoms with Crippen LogP contribution in [0, 0.1) is 41.5 Å². The van der Waals surface area contributed by atoms with Crippen LogP contribution in [0.25, 0.3) is 11.1 Å². The highest BCUT2D eigenvalue weighted by Gasteiger charge is 2.10. The standard InChI is InChI=1S/C18H22/c1-11-7-8-17(13(3)9-11)18-10-12(2)14(4)15(5)16(18)6/h7-10H,1-6H3. The number of hydrogen-bond donors (Lipinski definition) is 0. The molecular formula is C18H22. The minimum Gasteiger partial charge on any atom is -0.0587 e. The van der Waals surface area contributed by atoms with E-state index in [0.29, 0.717) is 0 Å². The molecule has 0 saturated carbocycles. The van der Waals surface area contributed by atoms with Crippen molar-refractivity contribution in [3.63, 3.8) is 0 Å². The van der Waals surface area contributed by atoms with Gasteiger partial charge in [0.2, 0.25) is 0 Å². The summed E-state index contributed by atoms with van der Waals surface area (Å²) in [4.78, 5) is 0. The summed E-state index contributed by atoms with van der Waals surface area (Å²) in [5, 5.41) is 0. The normalized spacial score (nSPS) is 10.8. The number of benzene rings is 2. The second-order valence-corrected chi connectivity index (χ2v) is 5.43. The van der Waals surface area contributed by atoms with Crippen molar-refractivity contribution in [3.05, 3.63) is 57.6 Å². The molecule has 0 aliphatic heterocycles. The van der Waals surface area contributed by atoms with Crippen molar-refractivity contribution >= 4 is 0 Å². The molecule has 0 saturated heterocycles. The van der Waals surface area contributed by atoms with E-state index >= 15 is 0 Å². The third-order valence-corrected chi connectivity index (χ3v) is 4.15. The van der Waals surface area contributed by atoms with E-state index in [-0.39, 0.29) is 0 Å². The Balaban J connectivity index is 2.72. The fraction of sp³-hybridized carbons (Fsp3) is 0.333. The second-order valence-electron chi connectivity index (χ2n) is 5.43. The van der Waals surface area contributed by atoms with E-state index in [1.807, 2.05) is 0 Å².